The van der Waals surface area contributed by atoms with Crippen molar-refractivity contribution in [3.05, 3.63) is 93.5 Å². The van der Waals surface area contributed by atoms with Crippen LogP contribution in [-0.4, -0.2) is 11.9 Å². The first-order chi connectivity index (χ1) is 14.2. The molecule has 0 aliphatic carbocycles. The van der Waals surface area contributed by atoms with Crippen molar-refractivity contribution >= 4 is 23.5 Å². The molecule has 4 nitrogen and oxygen atoms in total. The van der Waals surface area contributed by atoms with Crippen LogP contribution in [0, 0.1) is 13.8 Å². The summed E-state index contributed by atoms with van der Waals surface area (Å²) in [7, 11) is 0. The second-order valence-electron chi connectivity index (χ2n) is 7.22. The molecule has 0 amide bonds. The predicted octanol–water partition coefficient (Wildman–Crippen LogP) is 5.99. The van der Waals surface area contributed by atoms with Gasteiger partial charge < -0.3 is 9.47 Å². The molecule has 0 aliphatic heterocycles. The summed E-state index contributed by atoms with van der Waals surface area (Å²) in [4.78, 5) is 22.7. The fourth-order valence-electron chi connectivity index (χ4n) is 3.48. The summed E-state index contributed by atoms with van der Waals surface area (Å²) in [5.74, 6) is 0.316. The van der Waals surface area contributed by atoms with Crippen LogP contribution in [0.15, 0.2) is 60.7 Å². The minimum Gasteiger partial charge on any atom is -0.426 e. The molecule has 3 aromatic carbocycles. The van der Waals surface area contributed by atoms with Crippen molar-refractivity contribution in [3.63, 3.8) is 0 Å². The van der Waals surface area contributed by atoms with Crippen LogP contribution in [0.5, 0.6) is 11.5 Å². The van der Waals surface area contributed by atoms with E-state index in [1.54, 1.807) is 0 Å². The van der Waals surface area contributed by atoms with Gasteiger partial charge in [0, 0.05) is 24.8 Å². The molecule has 0 aliphatic rings. The van der Waals surface area contributed by atoms with E-state index in [9.17, 15) is 9.59 Å². The molecule has 3 rings (SSSR count). The third-order valence-corrected chi connectivity index (χ3v) is 5.03. The maximum absolute atomic E-state index is 11.3. The Morgan fingerprint density at radius 2 is 1.10 bits per heavy atom. The van der Waals surface area contributed by atoms with E-state index in [1.165, 1.54) is 13.8 Å². The lowest BCUT2D eigenvalue weighted by molar-refractivity contribution is -0.132. The molecule has 0 fully saturated rings. The lowest BCUT2D eigenvalue weighted by atomic mass is 9.84. The lowest BCUT2D eigenvalue weighted by Crippen LogP contribution is -2.07. The van der Waals surface area contributed by atoms with Gasteiger partial charge in [-0.05, 0) is 65.9 Å². The first-order valence-electron chi connectivity index (χ1n) is 9.58. The molecule has 0 unspecified atom stereocenters. The minimum absolute atomic E-state index is 0.0718. The number of rotatable bonds is 5. The van der Waals surface area contributed by atoms with E-state index in [2.05, 4.69) is 0 Å². The summed E-state index contributed by atoms with van der Waals surface area (Å²) >= 11 is 6.10. The van der Waals surface area contributed by atoms with Crippen LogP contribution in [-0.2, 0) is 9.59 Å². The highest BCUT2D eigenvalue weighted by molar-refractivity contribution is 6.30. The lowest BCUT2D eigenvalue weighted by Gasteiger charge is -2.21. The van der Waals surface area contributed by atoms with E-state index < -0.39 is 0 Å². The molecule has 0 heterocycles. The van der Waals surface area contributed by atoms with E-state index in [1.807, 2.05) is 74.5 Å². The summed E-state index contributed by atoms with van der Waals surface area (Å²) in [5.41, 5.74) is 4.90. The average molecular weight is 423 g/mol. The molecule has 30 heavy (non-hydrogen) atoms. The Bertz CT molecular complexity index is 1020. The first kappa shape index (κ1) is 21.6. The zero-order valence-electron chi connectivity index (χ0n) is 17.4. The van der Waals surface area contributed by atoms with E-state index in [4.69, 9.17) is 21.1 Å². The van der Waals surface area contributed by atoms with Crippen molar-refractivity contribution < 1.29 is 19.1 Å². The van der Waals surface area contributed by atoms with Crippen molar-refractivity contribution in [1.29, 1.82) is 0 Å². The second kappa shape index (κ2) is 9.14. The summed E-state index contributed by atoms with van der Waals surface area (Å²) < 4.78 is 10.5. The van der Waals surface area contributed by atoms with Gasteiger partial charge in [-0.2, -0.15) is 0 Å². The van der Waals surface area contributed by atoms with E-state index in [0.29, 0.717) is 16.5 Å². The molecule has 5 heteroatoms. The van der Waals surface area contributed by atoms with Crippen LogP contribution in [0.2, 0.25) is 5.02 Å². The molecule has 154 valence electrons. The standard InChI is InChI=1S/C25H23ClO4/c1-15-13-20(7-11-23(15)29-17(3)27)25(19-5-9-22(26)10-6-19)21-8-12-24(16(2)14-21)30-18(4)28/h5-14,25H,1-4H3. The van der Waals surface area contributed by atoms with Crippen molar-refractivity contribution in [3.8, 4) is 11.5 Å². The Morgan fingerprint density at radius 3 is 1.47 bits per heavy atom. The Morgan fingerprint density at radius 1 is 0.700 bits per heavy atom. The van der Waals surface area contributed by atoms with Gasteiger partial charge in [0.05, 0.1) is 0 Å². The molecule has 0 atom stereocenters. The van der Waals surface area contributed by atoms with Crippen LogP contribution in [0.25, 0.3) is 0 Å². The zero-order valence-corrected chi connectivity index (χ0v) is 18.1. The molecule has 0 saturated heterocycles. The predicted molar refractivity (Wildman–Crippen MR) is 117 cm³/mol. The number of hydrogen-bond donors (Lipinski definition) is 0. The zero-order chi connectivity index (χ0) is 21.8. The highest BCUT2D eigenvalue weighted by atomic mass is 35.5. The van der Waals surface area contributed by atoms with Gasteiger partial charge in [-0.1, -0.05) is 48.0 Å². The number of carbonyl (C=O) groups excluding carboxylic acids is 2. The Kier molecular flexibility index (Phi) is 6.58. The van der Waals surface area contributed by atoms with Crippen LogP contribution in [0.4, 0.5) is 0 Å². The topological polar surface area (TPSA) is 52.6 Å². The smallest absolute Gasteiger partial charge is 0.308 e. The Labute approximate surface area is 181 Å². The molecule has 0 saturated carbocycles. The summed E-state index contributed by atoms with van der Waals surface area (Å²) in [5, 5.41) is 0.667. The summed E-state index contributed by atoms with van der Waals surface area (Å²) in [6, 6.07) is 19.3. The molecule has 0 radical (unpaired) electrons. The fraction of sp³-hybridized carbons (Fsp3) is 0.200. The number of benzene rings is 3. The van der Waals surface area contributed by atoms with E-state index in [-0.39, 0.29) is 17.9 Å². The highest BCUT2D eigenvalue weighted by Gasteiger charge is 2.19. The molecule has 0 N–H and O–H groups in total. The maximum atomic E-state index is 11.3. The van der Waals surface area contributed by atoms with Gasteiger partial charge in [0.2, 0.25) is 0 Å². The molecule has 0 aromatic heterocycles. The number of esters is 2. The van der Waals surface area contributed by atoms with Crippen LogP contribution in [0.3, 0.4) is 0 Å². The molecular weight excluding hydrogens is 400 g/mol. The van der Waals surface area contributed by atoms with Crippen LogP contribution < -0.4 is 9.47 Å². The molecular formula is C25H23ClO4. The summed E-state index contributed by atoms with van der Waals surface area (Å²) in [6.07, 6.45) is 0. The van der Waals surface area contributed by atoms with Gasteiger partial charge in [0.1, 0.15) is 11.5 Å². The maximum Gasteiger partial charge on any atom is 0.308 e. The SMILES string of the molecule is CC(=O)Oc1ccc(C(c2ccc(Cl)cc2)c2ccc(OC(C)=O)c(C)c2)cc1C. The van der Waals surface area contributed by atoms with Gasteiger partial charge >= 0.3 is 11.9 Å². The van der Waals surface area contributed by atoms with Crippen LogP contribution >= 0.6 is 11.6 Å². The van der Waals surface area contributed by atoms with E-state index in [0.717, 1.165) is 27.8 Å². The van der Waals surface area contributed by atoms with Crippen molar-refractivity contribution in [2.24, 2.45) is 0 Å². The Balaban J connectivity index is 2.09. The average Bonchev–Trinajstić information content (AvgIpc) is 2.67. The first-order valence-corrected chi connectivity index (χ1v) is 9.96. The molecule has 0 spiro atoms. The molecule has 0 bridgehead atoms. The third-order valence-electron chi connectivity index (χ3n) is 4.78. The quantitative estimate of drug-likeness (QED) is 0.288. The summed E-state index contributed by atoms with van der Waals surface area (Å²) in [6.45, 7) is 6.60. The van der Waals surface area contributed by atoms with Crippen molar-refractivity contribution in [2.45, 2.75) is 33.6 Å². The van der Waals surface area contributed by atoms with Gasteiger partial charge in [-0.25, -0.2) is 0 Å². The normalized spacial score (nSPS) is 10.7. The van der Waals surface area contributed by atoms with Crippen molar-refractivity contribution in [1.82, 2.24) is 0 Å². The highest BCUT2D eigenvalue weighted by Crippen LogP contribution is 2.36. The number of hydrogen-bond acceptors (Lipinski definition) is 4. The van der Waals surface area contributed by atoms with Gasteiger partial charge in [-0.3, -0.25) is 9.59 Å². The van der Waals surface area contributed by atoms with Crippen LogP contribution in [0.1, 0.15) is 47.6 Å². The number of halogens is 1. The minimum atomic E-state index is -0.350. The van der Waals surface area contributed by atoms with Gasteiger partial charge in [-0.15, -0.1) is 0 Å². The second-order valence-corrected chi connectivity index (χ2v) is 7.66. The number of carbonyl (C=O) groups is 2. The Hall–Kier alpha value is -3.11. The number of aryl methyl sites for hydroxylation is 2. The molecule has 3 aromatic rings. The third kappa shape index (κ3) is 5.08. The largest absolute Gasteiger partial charge is 0.426 e. The fourth-order valence-corrected chi connectivity index (χ4v) is 3.60. The van der Waals surface area contributed by atoms with Crippen molar-refractivity contribution in [2.75, 3.05) is 0 Å². The van der Waals surface area contributed by atoms with E-state index >= 15 is 0 Å². The monoisotopic (exact) mass is 422 g/mol. The number of ether oxygens (including phenoxy) is 2. The van der Waals surface area contributed by atoms with Gasteiger partial charge in [0.25, 0.3) is 0 Å². The van der Waals surface area contributed by atoms with Gasteiger partial charge in [0.15, 0.2) is 0 Å².